The van der Waals surface area contributed by atoms with E-state index in [1.54, 1.807) is 0 Å². The number of rotatable bonds is 3. The Kier molecular flexibility index (Phi) is 3.98. The Labute approximate surface area is 157 Å². The van der Waals surface area contributed by atoms with Gasteiger partial charge in [-0.05, 0) is 49.2 Å². The van der Waals surface area contributed by atoms with Crippen LogP contribution in [0.5, 0.6) is 0 Å². The smallest absolute Gasteiger partial charge is 0.160 e. The Balaban J connectivity index is 1.54. The lowest BCUT2D eigenvalue weighted by Gasteiger charge is -2.12. The quantitative estimate of drug-likeness (QED) is 0.611. The number of aromatic nitrogens is 5. The molecule has 6 nitrogen and oxygen atoms in total. The van der Waals surface area contributed by atoms with Gasteiger partial charge in [0, 0.05) is 37.1 Å². The third kappa shape index (κ3) is 2.92. The van der Waals surface area contributed by atoms with E-state index in [9.17, 15) is 0 Å². The van der Waals surface area contributed by atoms with Crippen LogP contribution < -0.4 is 5.32 Å². The van der Waals surface area contributed by atoms with Gasteiger partial charge in [0.05, 0.1) is 17.8 Å². The minimum atomic E-state index is 0.755. The van der Waals surface area contributed by atoms with Gasteiger partial charge in [0.1, 0.15) is 5.69 Å². The SMILES string of the molecule is Cc1ccc2ncccc2c1Cn1ccnc1-c1cc2n(n1)CCCNC2. The second kappa shape index (κ2) is 6.63. The van der Waals surface area contributed by atoms with Crippen molar-refractivity contribution >= 4 is 10.9 Å². The predicted molar refractivity (Wildman–Crippen MR) is 105 cm³/mol. The van der Waals surface area contributed by atoms with Gasteiger partial charge < -0.3 is 9.88 Å². The van der Waals surface area contributed by atoms with Crippen LogP contribution >= 0.6 is 0 Å². The number of pyridine rings is 1. The molecule has 0 atom stereocenters. The average molecular weight is 358 g/mol. The van der Waals surface area contributed by atoms with E-state index in [-0.39, 0.29) is 0 Å². The first kappa shape index (κ1) is 16.2. The molecule has 4 aromatic rings. The first-order chi connectivity index (χ1) is 13.3. The highest BCUT2D eigenvalue weighted by atomic mass is 15.3. The van der Waals surface area contributed by atoms with E-state index in [4.69, 9.17) is 5.10 Å². The fourth-order valence-corrected chi connectivity index (χ4v) is 3.84. The Hall–Kier alpha value is -2.99. The monoisotopic (exact) mass is 358 g/mol. The van der Waals surface area contributed by atoms with Gasteiger partial charge in [-0.25, -0.2) is 4.98 Å². The Bertz CT molecular complexity index is 1080. The summed E-state index contributed by atoms with van der Waals surface area (Å²) in [6.07, 6.45) is 6.84. The molecule has 0 spiro atoms. The minimum Gasteiger partial charge on any atom is -0.325 e. The van der Waals surface area contributed by atoms with E-state index >= 15 is 0 Å². The van der Waals surface area contributed by atoms with Crippen molar-refractivity contribution < 1.29 is 0 Å². The maximum Gasteiger partial charge on any atom is 0.160 e. The topological polar surface area (TPSA) is 60.6 Å². The van der Waals surface area contributed by atoms with E-state index in [0.29, 0.717) is 0 Å². The van der Waals surface area contributed by atoms with Crippen molar-refractivity contribution in [3.63, 3.8) is 0 Å². The summed E-state index contributed by atoms with van der Waals surface area (Å²) in [5, 5.41) is 9.47. The molecule has 0 saturated carbocycles. The van der Waals surface area contributed by atoms with Gasteiger partial charge in [-0.15, -0.1) is 0 Å². The summed E-state index contributed by atoms with van der Waals surface area (Å²) in [7, 11) is 0. The van der Waals surface area contributed by atoms with Crippen LogP contribution in [0.3, 0.4) is 0 Å². The highest BCUT2D eigenvalue weighted by Gasteiger charge is 2.16. The van der Waals surface area contributed by atoms with Crippen LogP contribution in [0.1, 0.15) is 23.2 Å². The van der Waals surface area contributed by atoms with Gasteiger partial charge in [0.2, 0.25) is 0 Å². The van der Waals surface area contributed by atoms with E-state index in [1.165, 1.54) is 22.2 Å². The van der Waals surface area contributed by atoms with Gasteiger partial charge in [-0.3, -0.25) is 9.67 Å². The summed E-state index contributed by atoms with van der Waals surface area (Å²) >= 11 is 0. The van der Waals surface area contributed by atoms with Gasteiger partial charge in [-0.1, -0.05) is 12.1 Å². The normalized spacial score (nSPS) is 14.3. The van der Waals surface area contributed by atoms with E-state index in [0.717, 1.165) is 49.6 Å². The highest BCUT2D eigenvalue weighted by molar-refractivity contribution is 5.83. The number of hydrogen-bond donors (Lipinski definition) is 1. The maximum atomic E-state index is 4.82. The highest BCUT2D eigenvalue weighted by Crippen LogP contribution is 2.25. The standard InChI is InChI=1S/C21H22N6/c1-15-5-6-19-17(4-2-8-23-19)18(15)14-26-11-9-24-21(26)20-12-16-13-22-7-3-10-27(16)25-20/h2,4-6,8-9,11-12,22H,3,7,10,13-14H2,1H3. The Morgan fingerprint density at radius 2 is 2.11 bits per heavy atom. The van der Waals surface area contributed by atoms with Crippen molar-refractivity contribution in [2.24, 2.45) is 0 Å². The molecule has 0 radical (unpaired) electrons. The molecule has 4 heterocycles. The summed E-state index contributed by atoms with van der Waals surface area (Å²) in [5.41, 5.74) is 5.74. The molecule has 3 aromatic heterocycles. The molecule has 136 valence electrons. The Morgan fingerprint density at radius 1 is 1.15 bits per heavy atom. The van der Waals surface area contributed by atoms with Crippen molar-refractivity contribution in [1.29, 1.82) is 0 Å². The molecule has 0 aliphatic carbocycles. The predicted octanol–water partition coefficient (Wildman–Crippen LogP) is 3.14. The molecule has 0 amide bonds. The molecular formula is C21H22N6. The van der Waals surface area contributed by atoms with Gasteiger partial charge in [0.25, 0.3) is 0 Å². The molecule has 0 saturated heterocycles. The van der Waals surface area contributed by atoms with Crippen LogP contribution in [0.25, 0.3) is 22.4 Å². The van der Waals surface area contributed by atoms with Crippen molar-refractivity contribution in [1.82, 2.24) is 29.6 Å². The van der Waals surface area contributed by atoms with Crippen molar-refractivity contribution in [3.8, 4) is 11.5 Å². The molecule has 27 heavy (non-hydrogen) atoms. The number of hydrogen-bond acceptors (Lipinski definition) is 4. The number of fused-ring (bicyclic) bond motifs is 2. The first-order valence-corrected chi connectivity index (χ1v) is 9.42. The fourth-order valence-electron chi connectivity index (χ4n) is 3.84. The largest absolute Gasteiger partial charge is 0.325 e. The summed E-state index contributed by atoms with van der Waals surface area (Å²) in [6, 6.07) is 10.5. The molecule has 0 bridgehead atoms. The van der Waals surface area contributed by atoms with Crippen LogP contribution in [0.2, 0.25) is 0 Å². The minimum absolute atomic E-state index is 0.755. The van der Waals surface area contributed by atoms with Gasteiger partial charge in [0.15, 0.2) is 5.82 Å². The number of aryl methyl sites for hydroxylation is 2. The zero-order chi connectivity index (χ0) is 18.2. The lowest BCUT2D eigenvalue weighted by Crippen LogP contribution is -2.11. The van der Waals surface area contributed by atoms with Crippen molar-refractivity contribution in [3.05, 3.63) is 65.7 Å². The fraction of sp³-hybridized carbons (Fsp3) is 0.286. The average Bonchev–Trinajstić information content (AvgIpc) is 3.25. The molecule has 5 rings (SSSR count). The molecule has 1 aliphatic rings. The molecule has 0 fully saturated rings. The Morgan fingerprint density at radius 3 is 3.07 bits per heavy atom. The number of imidazole rings is 1. The molecule has 6 heteroatoms. The number of nitrogens with one attached hydrogen (secondary N) is 1. The van der Waals surface area contributed by atoms with Crippen molar-refractivity contribution in [2.75, 3.05) is 6.54 Å². The lowest BCUT2D eigenvalue weighted by molar-refractivity contribution is 0.588. The second-order valence-corrected chi connectivity index (χ2v) is 7.08. The molecule has 1 aliphatic heterocycles. The third-order valence-corrected chi connectivity index (χ3v) is 5.30. The van der Waals surface area contributed by atoms with E-state index in [2.05, 4.69) is 55.7 Å². The first-order valence-electron chi connectivity index (χ1n) is 9.42. The zero-order valence-electron chi connectivity index (χ0n) is 15.4. The zero-order valence-corrected chi connectivity index (χ0v) is 15.4. The van der Waals surface area contributed by atoms with Gasteiger partial charge >= 0.3 is 0 Å². The lowest BCUT2D eigenvalue weighted by atomic mass is 10.0. The van der Waals surface area contributed by atoms with E-state index in [1.807, 2.05) is 24.7 Å². The summed E-state index contributed by atoms with van der Waals surface area (Å²) < 4.78 is 4.30. The van der Waals surface area contributed by atoms with Crippen LogP contribution in [0.15, 0.2) is 48.9 Å². The summed E-state index contributed by atoms with van der Waals surface area (Å²) in [4.78, 5) is 9.11. The summed E-state index contributed by atoms with van der Waals surface area (Å²) in [6.45, 7) is 5.77. The number of benzene rings is 1. The van der Waals surface area contributed by atoms with Crippen LogP contribution in [-0.4, -0.2) is 30.9 Å². The summed E-state index contributed by atoms with van der Waals surface area (Å²) in [5.74, 6) is 0.913. The van der Waals surface area contributed by atoms with Crippen LogP contribution in [0.4, 0.5) is 0 Å². The van der Waals surface area contributed by atoms with Crippen LogP contribution in [0, 0.1) is 6.92 Å². The van der Waals surface area contributed by atoms with E-state index < -0.39 is 0 Å². The van der Waals surface area contributed by atoms with Crippen LogP contribution in [-0.2, 0) is 19.6 Å². The second-order valence-electron chi connectivity index (χ2n) is 7.08. The molecular weight excluding hydrogens is 336 g/mol. The molecule has 0 unspecified atom stereocenters. The third-order valence-electron chi connectivity index (χ3n) is 5.30. The molecule has 1 aromatic carbocycles. The molecule has 1 N–H and O–H groups in total. The number of nitrogens with zero attached hydrogens (tertiary/aromatic N) is 5. The maximum absolute atomic E-state index is 4.82. The van der Waals surface area contributed by atoms with Crippen molar-refractivity contribution in [2.45, 2.75) is 33.0 Å². The van der Waals surface area contributed by atoms with Gasteiger partial charge in [-0.2, -0.15) is 5.10 Å².